The van der Waals surface area contributed by atoms with Gasteiger partial charge in [0.05, 0.1) is 12.0 Å². The minimum absolute atomic E-state index is 0.00157. The number of ether oxygens (including phenoxy) is 1. The minimum atomic E-state index is -4.52. The Bertz CT molecular complexity index is 382. The fourth-order valence-electron chi connectivity index (χ4n) is 2.48. The van der Waals surface area contributed by atoms with Crippen LogP contribution >= 0.6 is 0 Å². The fourth-order valence-corrected chi connectivity index (χ4v) is 2.48. The molecular weight excluding hydrogens is 275 g/mol. The number of hydrogen-bond acceptors (Lipinski definition) is 3. The summed E-state index contributed by atoms with van der Waals surface area (Å²) in [7, 11) is 0. The largest absolute Gasteiger partial charge is 0.466 e. The summed E-state index contributed by atoms with van der Waals surface area (Å²) in [5, 5.41) is 0. The number of alkyl halides is 3. The first-order chi connectivity index (χ1) is 9.12. The molecule has 0 N–H and O–H groups in total. The third-order valence-corrected chi connectivity index (χ3v) is 3.79. The summed E-state index contributed by atoms with van der Waals surface area (Å²) in [5.74, 6) is -1.52. The van der Waals surface area contributed by atoms with E-state index in [-0.39, 0.29) is 25.6 Å². The molecule has 1 fully saturated rings. The number of amides is 1. The molecule has 7 heteroatoms. The number of carbonyl (C=O) groups is 2. The molecule has 1 atom stereocenters. The Morgan fingerprint density at radius 2 is 1.95 bits per heavy atom. The van der Waals surface area contributed by atoms with Crippen LogP contribution in [0.25, 0.3) is 0 Å². The van der Waals surface area contributed by atoms with Crippen molar-refractivity contribution < 1.29 is 27.5 Å². The molecule has 0 radical (unpaired) electrons. The first-order valence-corrected chi connectivity index (χ1v) is 6.64. The zero-order valence-electron chi connectivity index (χ0n) is 11.9. The van der Waals surface area contributed by atoms with Crippen LogP contribution in [0.2, 0.25) is 0 Å². The molecule has 20 heavy (non-hydrogen) atoms. The number of esters is 1. The lowest BCUT2D eigenvalue weighted by Gasteiger charge is -2.30. The van der Waals surface area contributed by atoms with Crippen LogP contribution < -0.4 is 0 Å². The summed E-state index contributed by atoms with van der Waals surface area (Å²) < 4.78 is 41.8. The van der Waals surface area contributed by atoms with Gasteiger partial charge in [-0.3, -0.25) is 9.59 Å². The van der Waals surface area contributed by atoms with Crippen molar-refractivity contribution in [2.45, 2.75) is 39.8 Å². The van der Waals surface area contributed by atoms with Gasteiger partial charge in [-0.1, -0.05) is 13.8 Å². The molecule has 1 heterocycles. The topological polar surface area (TPSA) is 46.6 Å². The molecule has 0 aromatic carbocycles. The van der Waals surface area contributed by atoms with Crippen molar-refractivity contribution in [3.8, 4) is 0 Å². The van der Waals surface area contributed by atoms with Crippen molar-refractivity contribution in [2.75, 3.05) is 19.7 Å². The molecule has 1 amide bonds. The minimum Gasteiger partial charge on any atom is -0.466 e. The van der Waals surface area contributed by atoms with Crippen molar-refractivity contribution in [2.24, 2.45) is 11.3 Å². The number of likely N-dealkylation sites (tertiary alicyclic amines) is 1. The van der Waals surface area contributed by atoms with Crippen LogP contribution in [-0.2, 0) is 14.3 Å². The van der Waals surface area contributed by atoms with Crippen molar-refractivity contribution in [3.63, 3.8) is 0 Å². The Hall–Kier alpha value is -1.27. The molecule has 1 rings (SSSR count). The lowest BCUT2D eigenvalue weighted by molar-refractivity contribution is -0.162. The number of nitrogens with zero attached hydrogens (tertiary/aromatic N) is 1. The summed E-state index contributed by atoms with van der Waals surface area (Å²) in [5.41, 5.74) is -0.892. The number of carbonyl (C=O) groups excluding carboxylic acids is 2. The molecule has 1 unspecified atom stereocenters. The highest BCUT2D eigenvalue weighted by Crippen LogP contribution is 2.39. The van der Waals surface area contributed by atoms with Crippen LogP contribution in [0.5, 0.6) is 0 Å². The number of hydrogen-bond donors (Lipinski definition) is 0. The van der Waals surface area contributed by atoms with Crippen LogP contribution in [0, 0.1) is 11.3 Å². The highest BCUT2D eigenvalue weighted by atomic mass is 19.4. The SMILES string of the molecule is CCOC(=O)C1(C(C)C)CCN(C(=O)CC(F)(F)F)C1. The van der Waals surface area contributed by atoms with Gasteiger partial charge in [-0.25, -0.2) is 0 Å². The highest BCUT2D eigenvalue weighted by molar-refractivity contribution is 5.82. The van der Waals surface area contributed by atoms with E-state index in [0.717, 1.165) is 4.90 Å². The van der Waals surface area contributed by atoms with Crippen LogP contribution in [0.15, 0.2) is 0 Å². The van der Waals surface area contributed by atoms with Crippen LogP contribution in [0.4, 0.5) is 13.2 Å². The van der Waals surface area contributed by atoms with Crippen molar-refractivity contribution in [3.05, 3.63) is 0 Å². The smallest absolute Gasteiger partial charge is 0.397 e. The molecule has 0 aliphatic carbocycles. The first kappa shape index (κ1) is 16.8. The second kappa shape index (κ2) is 6.01. The van der Waals surface area contributed by atoms with E-state index in [9.17, 15) is 22.8 Å². The monoisotopic (exact) mass is 295 g/mol. The van der Waals surface area contributed by atoms with Crippen LogP contribution in [0.3, 0.4) is 0 Å². The summed E-state index contributed by atoms with van der Waals surface area (Å²) >= 11 is 0. The first-order valence-electron chi connectivity index (χ1n) is 6.64. The standard InChI is InChI=1S/C13H20F3NO3/c1-4-20-11(19)12(9(2)3)5-6-17(8-12)10(18)7-13(14,15)16/h9H,4-8H2,1-3H3. The number of rotatable bonds is 4. The summed E-state index contributed by atoms with van der Waals surface area (Å²) in [6.07, 6.45) is -5.67. The van der Waals surface area contributed by atoms with Gasteiger partial charge in [0.1, 0.15) is 6.42 Å². The van der Waals surface area contributed by atoms with E-state index in [4.69, 9.17) is 4.74 Å². The molecule has 4 nitrogen and oxygen atoms in total. The third kappa shape index (κ3) is 3.64. The molecule has 0 spiro atoms. The Morgan fingerprint density at radius 3 is 2.40 bits per heavy atom. The van der Waals surface area contributed by atoms with E-state index in [1.165, 1.54) is 0 Å². The average Bonchev–Trinajstić information content (AvgIpc) is 2.73. The lowest BCUT2D eigenvalue weighted by Crippen LogP contribution is -2.42. The molecule has 0 aromatic rings. The summed E-state index contributed by atoms with van der Waals surface area (Å²) in [6, 6.07) is 0. The maximum Gasteiger partial charge on any atom is 0.397 e. The molecular formula is C13H20F3NO3. The quantitative estimate of drug-likeness (QED) is 0.748. The van der Waals surface area contributed by atoms with Gasteiger partial charge in [-0.2, -0.15) is 13.2 Å². The molecule has 0 saturated carbocycles. The van der Waals surface area contributed by atoms with E-state index >= 15 is 0 Å². The lowest BCUT2D eigenvalue weighted by atomic mass is 9.76. The second-order valence-corrected chi connectivity index (χ2v) is 5.39. The molecule has 0 bridgehead atoms. The Labute approximate surface area is 116 Å². The molecule has 1 saturated heterocycles. The maximum absolute atomic E-state index is 12.3. The van der Waals surface area contributed by atoms with Gasteiger partial charge in [0.15, 0.2) is 0 Å². The average molecular weight is 295 g/mol. The Morgan fingerprint density at radius 1 is 1.35 bits per heavy atom. The van der Waals surface area contributed by atoms with Gasteiger partial charge in [0.2, 0.25) is 5.91 Å². The zero-order chi connectivity index (χ0) is 15.6. The second-order valence-electron chi connectivity index (χ2n) is 5.39. The van der Waals surface area contributed by atoms with Crippen molar-refractivity contribution in [1.29, 1.82) is 0 Å². The third-order valence-electron chi connectivity index (χ3n) is 3.79. The maximum atomic E-state index is 12.3. The van der Waals surface area contributed by atoms with Gasteiger partial charge in [0, 0.05) is 13.1 Å². The van der Waals surface area contributed by atoms with E-state index < -0.39 is 29.9 Å². The van der Waals surface area contributed by atoms with Crippen molar-refractivity contribution in [1.82, 2.24) is 4.90 Å². The summed E-state index contributed by atoms with van der Waals surface area (Å²) in [6.45, 7) is 5.67. The fraction of sp³-hybridized carbons (Fsp3) is 0.846. The van der Waals surface area contributed by atoms with Crippen LogP contribution in [0.1, 0.15) is 33.6 Å². The molecule has 1 aliphatic rings. The van der Waals surface area contributed by atoms with E-state index in [0.29, 0.717) is 6.42 Å². The van der Waals surface area contributed by atoms with Crippen LogP contribution in [-0.4, -0.2) is 42.6 Å². The molecule has 1 aliphatic heterocycles. The molecule has 0 aromatic heterocycles. The predicted molar refractivity (Wildman–Crippen MR) is 65.8 cm³/mol. The molecule has 116 valence electrons. The van der Waals surface area contributed by atoms with E-state index in [2.05, 4.69) is 0 Å². The van der Waals surface area contributed by atoms with E-state index in [1.54, 1.807) is 6.92 Å². The van der Waals surface area contributed by atoms with Gasteiger partial charge < -0.3 is 9.64 Å². The zero-order valence-corrected chi connectivity index (χ0v) is 11.9. The van der Waals surface area contributed by atoms with Gasteiger partial charge >= 0.3 is 12.1 Å². The predicted octanol–water partition coefficient (Wildman–Crippen LogP) is 2.38. The number of halogens is 3. The summed E-state index contributed by atoms with van der Waals surface area (Å²) in [4.78, 5) is 24.8. The Balaban J connectivity index is 2.80. The normalized spacial score (nSPS) is 23.2. The van der Waals surface area contributed by atoms with Crippen molar-refractivity contribution >= 4 is 11.9 Å². The van der Waals surface area contributed by atoms with E-state index in [1.807, 2.05) is 13.8 Å². The highest BCUT2D eigenvalue weighted by Gasteiger charge is 2.50. The van der Waals surface area contributed by atoms with Gasteiger partial charge in [0.25, 0.3) is 0 Å². The Kier molecular flexibility index (Phi) is 5.05. The van der Waals surface area contributed by atoms with Gasteiger partial charge in [-0.15, -0.1) is 0 Å². The van der Waals surface area contributed by atoms with Gasteiger partial charge in [-0.05, 0) is 19.3 Å².